The molecular weight excluding hydrogens is 264 g/mol. The highest BCUT2D eigenvalue weighted by Crippen LogP contribution is 2.28. The number of hydrogen-bond acceptors (Lipinski definition) is 3. The molecule has 2 fully saturated rings. The zero-order chi connectivity index (χ0) is 15.1. The second-order valence-electron chi connectivity index (χ2n) is 6.64. The van der Waals surface area contributed by atoms with Crippen LogP contribution in [0.1, 0.15) is 51.4 Å². The lowest BCUT2D eigenvalue weighted by Crippen LogP contribution is -2.58. The zero-order valence-corrected chi connectivity index (χ0v) is 13.1. The molecule has 1 amide bonds. The summed E-state index contributed by atoms with van der Waals surface area (Å²) < 4.78 is 0. The van der Waals surface area contributed by atoms with Crippen molar-refractivity contribution in [3.63, 3.8) is 0 Å². The number of nitrogens with zero attached hydrogens (tertiary/aromatic N) is 1. The van der Waals surface area contributed by atoms with Crippen LogP contribution in [0.2, 0.25) is 0 Å². The predicted molar refractivity (Wildman–Crippen MR) is 85.0 cm³/mol. The molecule has 2 rings (SSSR count). The lowest BCUT2D eigenvalue weighted by molar-refractivity contribution is -0.156. The topological polar surface area (TPSA) is 52.6 Å². The minimum absolute atomic E-state index is 0.0823. The standard InChI is InChI=1S/C17H30N2O2/c1-2-11-18-14-17(21)10-6-12-19(16(17)20)13-9-15-7-4-3-5-8-15/h2,15,18,21H,1,3-14H2/t17-/m0/s1. The molecule has 1 aliphatic carbocycles. The molecule has 0 aromatic heterocycles. The molecule has 1 saturated heterocycles. The number of nitrogens with one attached hydrogen (secondary N) is 1. The molecule has 1 heterocycles. The van der Waals surface area contributed by atoms with E-state index in [2.05, 4.69) is 11.9 Å². The van der Waals surface area contributed by atoms with Crippen LogP contribution in [0.15, 0.2) is 12.7 Å². The van der Waals surface area contributed by atoms with Crippen LogP contribution < -0.4 is 5.32 Å². The molecule has 0 aromatic carbocycles. The van der Waals surface area contributed by atoms with Crippen molar-refractivity contribution in [1.29, 1.82) is 0 Å². The Labute approximate surface area is 128 Å². The Morgan fingerprint density at radius 1 is 1.33 bits per heavy atom. The summed E-state index contributed by atoms with van der Waals surface area (Å²) in [5.74, 6) is 0.696. The summed E-state index contributed by atoms with van der Waals surface area (Å²) in [5.41, 5.74) is -1.21. The fourth-order valence-electron chi connectivity index (χ4n) is 3.64. The molecule has 120 valence electrons. The lowest BCUT2D eigenvalue weighted by Gasteiger charge is -2.39. The first-order chi connectivity index (χ1) is 10.2. The van der Waals surface area contributed by atoms with Crippen molar-refractivity contribution in [2.24, 2.45) is 5.92 Å². The predicted octanol–water partition coefficient (Wildman–Crippen LogP) is 2.09. The quantitative estimate of drug-likeness (QED) is 0.558. The Morgan fingerprint density at radius 2 is 2.10 bits per heavy atom. The summed E-state index contributed by atoms with van der Waals surface area (Å²) in [7, 11) is 0. The van der Waals surface area contributed by atoms with Crippen LogP contribution in [0.25, 0.3) is 0 Å². The molecule has 1 saturated carbocycles. The highest BCUT2D eigenvalue weighted by atomic mass is 16.3. The number of carbonyl (C=O) groups excluding carboxylic acids is 1. The van der Waals surface area contributed by atoms with E-state index >= 15 is 0 Å². The highest BCUT2D eigenvalue weighted by molar-refractivity contribution is 5.86. The van der Waals surface area contributed by atoms with Crippen LogP contribution in [-0.2, 0) is 4.79 Å². The number of piperidine rings is 1. The van der Waals surface area contributed by atoms with Gasteiger partial charge in [0.1, 0.15) is 0 Å². The molecule has 1 aliphatic heterocycles. The first-order valence-electron chi connectivity index (χ1n) is 8.49. The molecule has 1 atom stereocenters. The minimum Gasteiger partial charge on any atom is -0.379 e. The maximum atomic E-state index is 12.5. The largest absolute Gasteiger partial charge is 0.379 e. The maximum Gasteiger partial charge on any atom is 0.255 e. The van der Waals surface area contributed by atoms with E-state index in [0.717, 1.165) is 31.8 Å². The molecule has 4 heteroatoms. The van der Waals surface area contributed by atoms with Gasteiger partial charge in [-0.3, -0.25) is 4.79 Å². The number of rotatable bonds is 7. The third-order valence-corrected chi connectivity index (χ3v) is 4.94. The van der Waals surface area contributed by atoms with Gasteiger partial charge >= 0.3 is 0 Å². The third kappa shape index (κ3) is 4.55. The van der Waals surface area contributed by atoms with Crippen LogP contribution in [0, 0.1) is 5.92 Å². The van der Waals surface area contributed by atoms with E-state index in [9.17, 15) is 9.90 Å². The van der Waals surface area contributed by atoms with E-state index in [4.69, 9.17) is 0 Å². The maximum absolute atomic E-state index is 12.5. The van der Waals surface area contributed by atoms with Gasteiger partial charge in [0.05, 0.1) is 0 Å². The van der Waals surface area contributed by atoms with Crippen LogP contribution in [0.3, 0.4) is 0 Å². The van der Waals surface area contributed by atoms with Crippen LogP contribution in [-0.4, -0.2) is 47.7 Å². The monoisotopic (exact) mass is 294 g/mol. The van der Waals surface area contributed by atoms with Crippen LogP contribution >= 0.6 is 0 Å². The fourth-order valence-corrected chi connectivity index (χ4v) is 3.64. The normalized spacial score (nSPS) is 27.9. The first kappa shape index (κ1) is 16.5. The highest BCUT2D eigenvalue weighted by Gasteiger charge is 2.41. The molecular formula is C17H30N2O2. The smallest absolute Gasteiger partial charge is 0.255 e. The summed E-state index contributed by atoms with van der Waals surface area (Å²) in [6.07, 6.45) is 11.0. The summed E-state index contributed by atoms with van der Waals surface area (Å²) in [4.78, 5) is 14.4. The van der Waals surface area contributed by atoms with Gasteiger partial charge in [-0.1, -0.05) is 38.2 Å². The number of likely N-dealkylation sites (tertiary alicyclic amines) is 1. The molecule has 0 unspecified atom stereocenters. The van der Waals surface area contributed by atoms with Gasteiger partial charge in [0.25, 0.3) is 5.91 Å². The zero-order valence-electron chi connectivity index (χ0n) is 13.1. The summed E-state index contributed by atoms with van der Waals surface area (Å²) in [6, 6.07) is 0. The number of carbonyl (C=O) groups is 1. The van der Waals surface area contributed by atoms with Crippen molar-refractivity contribution in [1.82, 2.24) is 10.2 Å². The number of hydrogen-bond donors (Lipinski definition) is 2. The third-order valence-electron chi connectivity index (χ3n) is 4.94. The fraction of sp³-hybridized carbons (Fsp3) is 0.824. The van der Waals surface area contributed by atoms with Crippen molar-refractivity contribution >= 4 is 5.91 Å². The Kier molecular flexibility index (Phi) is 6.24. The van der Waals surface area contributed by atoms with E-state index in [1.54, 1.807) is 6.08 Å². The molecule has 2 aliphatic rings. The molecule has 0 spiro atoms. The summed E-state index contributed by atoms with van der Waals surface area (Å²) in [5, 5.41) is 13.7. The van der Waals surface area contributed by atoms with Gasteiger partial charge in [0.2, 0.25) is 0 Å². The van der Waals surface area contributed by atoms with E-state index in [1.165, 1.54) is 32.1 Å². The van der Waals surface area contributed by atoms with Gasteiger partial charge in [0, 0.05) is 26.2 Å². The summed E-state index contributed by atoms with van der Waals surface area (Å²) >= 11 is 0. The van der Waals surface area contributed by atoms with E-state index in [0.29, 0.717) is 19.5 Å². The first-order valence-corrected chi connectivity index (χ1v) is 8.49. The van der Waals surface area contributed by atoms with Crippen molar-refractivity contribution in [3.05, 3.63) is 12.7 Å². The Morgan fingerprint density at radius 3 is 2.81 bits per heavy atom. The Hall–Kier alpha value is -0.870. The van der Waals surface area contributed by atoms with Crippen LogP contribution in [0.4, 0.5) is 0 Å². The number of amides is 1. The Bertz CT molecular complexity index is 353. The van der Waals surface area contributed by atoms with Gasteiger partial charge in [-0.05, 0) is 25.2 Å². The SMILES string of the molecule is C=CCNC[C@@]1(O)CCCN(CCC2CCCCC2)C1=O. The van der Waals surface area contributed by atoms with Gasteiger partial charge in [0.15, 0.2) is 5.60 Å². The van der Waals surface area contributed by atoms with Crippen molar-refractivity contribution in [3.8, 4) is 0 Å². The minimum atomic E-state index is -1.21. The van der Waals surface area contributed by atoms with E-state index < -0.39 is 5.60 Å². The molecule has 2 N–H and O–H groups in total. The lowest BCUT2D eigenvalue weighted by atomic mass is 9.86. The Balaban J connectivity index is 1.82. The van der Waals surface area contributed by atoms with Gasteiger partial charge in [-0.25, -0.2) is 0 Å². The van der Waals surface area contributed by atoms with E-state index in [-0.39, 0.29) is 5.91 Å². The molecule has 4 nitrogen and oxygen atoms in total. The second kappa shape index (κ2) is 7.95. The molecule has 0 bridgehead atoms. The van der Waals surface area contributed by atoms with Crippen molar-refractivity contribution < 1.29 is 9.90 Å². The summed E-state index contributed by atoms with van der Waals surface area (Å²) in [6.45, 7) is 6.21. The van der Waals surface area contributed by atoms with Crippen molar-refractivity contribution in [2.45, 2.75) is 57.0 Å². The molecule has 0 aromatic rings. The van der Waals surface area contributed by atoms with Gasteiger partial charge < -0.3 is 15.3 Å². The van der Waals surface area contributed by atoms with Gasteiger partial charge in [-0.15, -0.1) is 6.58 Å². The van der Waals surface area contributed by atoms with Gasteiger partial charge in [-0.2, -0.15) is 0 Å². The molecule has 0 radical (unpaired) electrons. The second-order valence-corrected chi connectivity index (χ2v) is 6.64. The number of aliphatic hydroxyl groups is 1. The van der Waals surface area contributed by atoms with E-state index in [1.807, 2.05) is 4.90 Å². The molecule has 21 heavy (non-hydrogen) atoms. The average molecular weight is 294 g/mol. The van der Waals surface area contributed by atoms with Crippen molar-refractivity contribution in [2.75, 3.05) is 26.2 Å². The van der Waals surface area contributed by atoms with Crippen LogP contribution in [0.5, 0.6) is 0 Å². The average Bonchev–Trinajstić information content (AvgIpc) is 2.50.